The van der Waals surface area contributed by atoms with E-state index in [1.165, 1.54) is 13.1 Å². The molecule has 1 heterocycles. The van der Waals surface area contributed by atoms with E-state index >= 15 is 0 Å². The molecule has 0 aliphatic rings. The number of benzene rings is 1. The van der Waals surface area contributed by atoms with Gasteiger partial charge in [-0.05, 0) is 22.0 Å². The minimum atomic E-state index is -4.23. The highest BCUT2D eigenvalue weighted by atomic mass is 79.9. The van der Waals surface area contributed by atoms with Gasteiger partial charge in [-0.3, -0.25) is 14.8 Å². The van der Waals surface area contributed by atoms with E-state index in [2.05, 4.69) is 26.2 Å². The molecule has 0 aliphatic carbocycles. The number of nitrogens with one attached hydrogen (secondary N) is 1. The molecule has 0 saturated carbocycles. The van der Waals surface area contributed by atoms with Crippen molar-refractivity contribution in [2.24, 2.45) is 7.05 Å². The first-order valence-corrected chi connectivity index (χ1v) is 7.56. The Morgan fingerprint density at radius 3 is 2.67 bits per heavy atom. The Morgan fingerprint density at radius 1 is 1.48 bits per heavy atom. The number of aromatic nitrogens is 3. The predicted molar refractivity (Wildman–Crippen MR) is 74.3 cm³/mol. The highest BCUT2D eigenvalue weighted by Gasteiger charge is 2.28. The Morgan fingerprint density at radius 2 is 2.14 bits per heavy atom. The molecule has 10 nitrogen and oxygen atoms in total. The van der Waals surface area contributed by atoms with Crippen molar-refractivity contribution in [2.75, 3.05) is 4.72 Å². The summed E-state index contributed by atoms with van der Waals surface area (Å²) in [7, 11) is -2.89. The number of nitrogens with zero attached hydrogens (tertiary/aromatic N) is 4. The van der Waals surface area contributed by atoms with Gasteiger partial charge in [0.15, 0.2) is 10.3 Å². The molecule has 0 bridgehead atoms. The quantitative estimate of drug-likeness (QED) is 0.459. The molecule has 21 heavy (non-hydrogen) atoms. The number of rotatable bonds is 4. The molecule has 0 atom stereocenters. The number of sulfonamides is 1. The van der Waals surface area contributed by atoms with Crippen LogP contribution in [0.25, 0.3) is 0 Å². The number of para-hydroxylation sites is 1. The van der Waals surface area contributed by atoms with Crippen molar-refractivity contribution >= 4 is 37.3 Å². The highest BCUT2D eigenvalue weighted by molar-refractivity contribution is 9.10. The summed E-state index contributed by atoms with van der Waals surface area (Å²) in [5, 5.41) is 27.3. The molecule has 112 valence electrons. The zero-order valence-electron chi connectivity index (χ0n) is 10.4. The van der Waals surface area contributed by atoms with Crippen LogP contribution in [0.3, 0.4) is 0 Å². The van der Waals surface area contributed by atoms with E-state index in [1.807, 2.05) is 4.72 Å². The van der Waals surface area contributed by atoms with Crippen LogP contribution in [-0.4, -0.2) is 33.4 Å². The minimum absolute atomic E-state index is 0.0597. The first-order valence-electron chi connectivity index (χ1n) is 5.28. The van der Waals surface area contributed by atoms with Crippen LogP contribution in [-0.2, 0) is 17.1 Å². The Balaban J connectivity index is 2.55. The first-order chi connectivity index (χ1) is 9.74. The van der Waals surface area contributed by atoms with Crippen molar-refractivity contribution in [1.29, 1.82) is 0 Å². The average Bonchev–Trinajstić information content (AvgIpc) is 2.71. The predicted octanol–water partition coefficient (Wildman–Crippen LogP) is 0.992. The van der Waals surface area contributed by atoms with Gasteiger partial charge in [-0.25, -0.2) is 4.68 Å². The Bertz CT molecular complexity index is 798. The molecule has 1 aromatic carbocycles. The molecular formula is C9H8BrN5O5S. The largest absolute Gasteiger partial charge is 0.505 e. The summed E-state index contributed by atoms with van der Waals surface area (Å²) in [6, 6.07) is 3.42. The molecule has 12 heteroatoms. The lowest BCUT2D eigenvalue weighted by Gasteiger charge is -2.09. The maximum Gasteiger partial charge on any atom is 0.297 e. The summed E-state index contributed by atoms with van der Waals surface area (Å²) in [6.07, 6.45) is 0. The van der Waals surface area contributed by atoms with E-state index in [0.717, 1.165) is 16.8 Å². The third-order valence-corrected chi connectivity index (χ3v) is 4.68. The maximum absolute atomic E-state index is 12.3. The Kier molecular flexibility index (Phi) is 3.82. The van der Waals surface area contributed by atoms with Gasteiger partial charge in [0, 0.05) is 13.1 Å². The number of anilines is 1. The number of aromatic hydroxyl groups is 1. The topological polar surface area (TPSA) is 140 Å². The molecule has 0 spiro atoms. The van der Waals surface area contributed by atoms with Gasteiger partial charge in [0.1, 0.15) is 5.75 Å². The molecule has 0 saturated heterocycles. The molecule has 0 amide bonds. The molecule has 0 fully saturated rings. The fraction of sp³-hybridized carbons (Fsp3) is 0.111. The summed E-state index contributed by atoms with van der Waals surface area (Å²) >= 11 is 2.92. The number of halogens is 1. The van der Waals surface area contributed by atoms with Crippen LogP contribution in [0.15, 0.2) is 27.8 Å². The molecule has 2 N–H and O–H groups in total. The van der Waals surface area contributed by atoms with Crippen LogP contribution in [0.5, 0.6) is 5.75 Å². The molecule has 1 aromatic heterocycles. The Hall–Kier alpha value is -2.21. The monoisotopic (exact) mass is 377 g/mol. The number of phenols is 1. The normalized spacial score (nSPS) is 11.3. The molecular weight excluding hydrogens is 370 g/mol. The number of hydrogen-bond donors (Lipinski definition) is 2. The van der Waals surface area contributed by atoms with Crippen LogP contribution in [0.1, 0.15) is 0 Å². The maximum atomic E-state index is 12.3. The third-order valence-electron chi connectivity index (χ3n) is 2.45. The number of phenolic OH excluding ortho intramolecular Hbond substituents is 1. The van der Waals surface area contributed by atoms with Gasteiger partial charge >= 0.3 is 0 Å². The summed E-state index contributed by atoms with van der Waals surface area (Å²) in [4.78, 5) is 10.1. The third kappa shape index (κ3) is 2.80. The average molecular weight is 378 g/mol. The van der Waals surface area contributed by atoms with E-state index in [1.54, 1.807) is 0 Å². The van der Waals surface area contributed by atoms with Crippen LogP contribution in [0.2, 0.25) is 0 Å². The second kappa shape index (κ2) is 5.29. The highest BCUT2D eigenvalue weighted by Crippen LogP contribution is 2.35. The SMILES string of the molecule is Cn1nnc(Br)c1S(=O)(=O)Nc1c(O)cccc1[N+](=O)[O-]. The fourth-order valence-corrected chi connectivity index (χ4v) is 3.76. The second-order valence-corrected chi connectivity index (χ2v) is 6.19. The minimum Gasteiger partial charge on any atom is -0.505 e. The smallest absolute Gasteiger partial charge is 0.297 e. The van der Waals surface area contributed by atoms with Crippen molar-refractivity contribution in [3.63, 3.8) is 0 Å². The van der Waals surface area contributed by atoms with Crippen LogP contribution in [0, 0.1) is 10.1 Å². The standard InChI is InChI=1S/C9H8BrN5O5S/c1-14-9(8(10)11-13-14)21(19,20)12-7-5(15(17)18)3-2-4-6(7)16/h2-4,12,16H,1H3. The number of nitro groups is 1. The number of nitro benzene ring substituents is 1. The van der Waals surface area contributed by atoms with E-state index in [9.17, 15) is 23.6 Å². The van der Waals surface area contributed by atoms with Crippen LogP contribution in [0.4, 0.5) is 11.4 Å². The van der Waals surface area contributed by atoms with Crippen LogP contribution >= 0.6 is 15.9 Å². The zero-order valence-corrected chi connectivity index (χ0v) is 12.8. The van der Waals surface area contributed by atoms with E-state index in [-0.39, 0.29) is 9.63 Å². The molecule has 2 aromatic rings. The molecule has 0 aliphatic heterocycles. The van der Waals surface area contributed by atoms with Gasteiger partial charge < -0.3 is 5.11 Å². The number of aryl methyl sites for hydroxylation is 1. The lowest BCUT2D eigenvalue weighted by Crippen LogP contribution is -2.18. The van der Waals surface area contributed by atoms with Gasteiger partial charge in [0.05, 0.1) is 4.92 Å². The van der Waals surface area contributed by atoms with Crippen molar-refractivity contribution in [3.05, 3.63) is 32.9 Å². The van der Waals surface area contributed by atoms with Gasteiger partial charge in [0.2, 0.25) is 5.03 Å². The summed E-state index contributed by atoms with van der Waals surface area (Å²) in [6.45, 7) is 0. The zero-order chi connectivity index (χ0) is 15.8. The lowest BCUT2D eigenvalue weighted by atomic mass is 10.2. The summed E-state index contributed by atoms with van der Waals surface area (Å²) in [5.41, 5.74) is -1.11. The fourth-order valence-electron chi connectivity index (χ4n) is 1.58. The van der Waals surface area contributed by atoms with Crippen molar-refractivity contribution in [2.45, 2.75) is 5.03 Å². The van der Waals surface area contributed by atoms with Gasteiger partial charge in [0.25, 0.3) is 15.7 Å². The van der Waals surface area contributed by atoms with Crippen molar-refractivity contribution < 1.29 is 18.4 Å². The van der Waals surface area contributed by atoms with Gasteiger partial charge in [-0.2, -0.15) is 8.42 Å². The Labute approximate surface area is 126 Å². The molecule has 2 rings (SSSR count). The first kappa shape index (κ1) is 15.2. The van der Waals surface area contributed by atoms with E-state index < -0.39 is 32.1 Å². The van der Waals surface area contributed by atoms with E-state index in [4.69, 9.17) is 0 Å². The lowest BCUT2D eigenvalue weighted by molar-refractivity contribution is -0.383. The summed E-state index contributed by atoms with van der Waals surface area (Å²) in [5.74, 6) is -0.570. The second-order valence-electron chi connectivity index (χ2n) is 3.84. The van der Waals surface area contributed by atoms with Gasteiger partial charge in [-0.1, -0.05) is 11.3 Å². The molecule has 0 unspecified atom stereocenters. The van der Waals surface area contributed by atoms with Crippen LogP contribution < -0.4 is 4.72 Å². The van der Waals surface area contributed by atoms with Crippen molar-refractivity contribution in [3.8, 4) is 5.75 Å². The van der Waals surface area contributed by atoms with Gasteiger partial charge in [-0.15, -0.1) is 5.10 Å². The van der Waals surface area contributed by atoms with Crippen molar-refractivity contribution in [1.82, 2.24) is 15.0 Å². The molecule has 0 radical (unpaired) electrons. The van der Waals surface area contributed by atoms with E-state index in [0.29, 0.717) is 0 Å². The summed E-state index contributed by atoms with van der Waals surface area (Å²) < 4.78 is 27.4. The number of hydrogen-bond acceptors (Lipinski definition) is 7.